The van der Waals surface area contributed by atoms with Crippen molar-refractivity contribution in [2.24, 2.45) is 5.92 Å². The molecule has 1 atom stereocenters. The summed E-state index contributed by atoms with van der Waals surface area (Å²) >= 11 is 0. The van der Waals surface area contributed by atoms with Crippen molar-refractivity contribution in [2.45, 2.75) is 43.0 Å². The Labute approximate surface area is 152 Å². The SMILES string of the molecule is CS(=O)(=O)c1ccc(NC2CCN(C(=O)C3CCCC3)C2)c([N+](=O)[O-])c1. The van der Waals surface area contributed by atoms with E-state index in [-0.39, 0.29) is 34.1 Å². The van der Waals surface area contributed by atoms with Crippen LogP contribution in [0.15, 0.2) is 23.1 Å². The Morgan fingerprint density at radius 2 is 1.96 bits per heavy atom. The minimum atomic E-state index is -3.52. The molecular formula is C17H23N3O5S. The highest BCUT2D eigenvalue weighted by atomic mass is 32.2. The molecule has 0 spiro atoms. The predicted octanol–water partition coefficient (Wildman–Crippen LogP) is 2.20. The molecule has 1 aromatic rings. The highest BCUT2D eigenvalue weighted by Crippen LogP contribution is 2.31. The first-order valence-corrected chi connectivity index (χ1v) is 10.7. The van der Waals surface area contributed by atoms with E-state index in [1.165, 1.54) is 12.1 Å². The normalized spacial score (nSPS) is 21.1. The van der Waals surface area contributed by atoms with E-state index in [1.54, 1.807) is 0 Å². The molecule has 0 radical (unpaired) electrons. The van der Waals surface area contributed by atoms with Gasteiger partial charge in [0.05, 0.1) is 9.82 Å². The second-order valence-corrected chi connectivity index (χ2v) is 9.12. The van der Waals surface area contributed by atoms with Gasteiger partial charge in [0.1, 0.15) is 5.69 Å². The lowest BCUT2D eigenvalue weighted by molar-refractivity contribution is -0.384. The fraction of sp³-hybridized carbons (Fsp3) is 0.588. The summed E-state index contributed by atoms with van der Waals surface area (Å²) in [5, 5.41) is 14.4. The van der Waals surface area contributed by atoms with Crippen LogP contribution in [0.3, 0.4) is 0 Å². The molecule has 1 aliphatic carbocycles. The lowest BCUT2D eigenvalue weighted by Crippen LogP contribution is -2.35. The standard InChI is InChI=1S/C17H23N3O5S/c1-26(24,25)14-6-7-15(16(10-14)20(22)23)18-13-8-9-19(11-13)17(21)12-4-2-3-5-12/h6-7,10,12-13,18H,2-5,8-9,11H2,1H3. The zero-order valence-electron chi connectivity index (χ0n) is 14.7. The highest BCUT2D eigenvalue weighted by molar-refractivity contribution is 7.90. The summed E-state index contributed by atoms with van der Waals surface area (Å²) in [5.74, 6) is 0.311. The van der Waals surface area contributed by atoms with E-state index in [4.69, 9.17) is 0 Å². The minimum Gasteiger partial charge on any atom is -0.375 e. The van der Waals surface area contributed by atoms with Crippen LogP contribution in [0, 0.1) is 16.0 Å². The summed E-state index contributed by atoms with van der Waals surface area (Å²) in [6.07, 6.45) is 5.83. The van der Waals surface area contributed by atoms with Gasteiger partial charge in [0.2, 0.25) is 5.91 Å². The van der Waals surface area contributed by atoms with Crippen molar-refractivity contribution in [3.8, 4) is 0 Å². The van der Waals surface area contributed by atoms with Crippen LogP contribution in [0.1, 0.15) is 32.1 Å². The largest absolute Gasteiger partial charge is 0.375 e. The number of nitro benzene ring substituents is 1. The van der Waals surface area contributed by atoms with Gasteiger partial charge < -0.3 is 10.2 Å². The molecule has 3 rings (SSSR count). The van der Waals surface area contributed by atoms with Gasteiger partial charge in [0.15, 0.2) is 9.84 Å². The number of anilines is 1. The first-order valence-electron chi connectivity index (χ1n) is 8.79. The minimum absolute atomic E-state index is 0.0804. The van der Waals surface area contributed by atoms with Crippen LogP contribution in [0.4, 0.5) is 11.4 Å². The highest BCUT2D eigenvalue weighted by Gasteiger charge is 2.33. The third-order valence-electron chi connectivity index (χ3n) is 5.16. The second kappa shape index (κ2) is 7.22. The number of rotatable bonds is 5. The maximum absolute atomic E-state index is 12.5. The van der Waals surface area contributed by atoms with E-state index in [9.17, 15) is 23.3 Å². The zero-order valence-corrected chi connectivity index (χ0v) is 15.5. The molecule has 1 N–H and O–H groups in total. The number of sulfone groups is 1. The Kier molecular flexibility index (Phi) is 5.17. The van der Waals surface area contributed by atoms with Gasteiger partial charge >= 0.3 is 0 Å². The van der Waals surface area contributed by atoms with E-state index in [0.717, 1.165) is 38.0 Å². The van der Waals surface area contributed by atoms with Crippen LogP contribution in [-0.2, 0) is 14.6 Å². The van der Waals surface area contributed by atoms with Gasteiger partial charge in [0, 0.05) is 37.4 Å². The number of hydrogen-bond acceptors (Lipinski definition) is 6. The molecular weight excluding hydrogens is 358 g/mol. The average molecular weight is 381 g/mol. The molecule has 142 valence electrons. The molecule has 26 heavy (non-hydrogen) atoms. The maximum atomic E-state index is 12.5. The third kappa shape index (κ3) is 3.98. The van der Waals surface area contributed by atoms with Gasteiger partial charge in [-0.1, -0.05) is 12.8 Å². The van der Waals surface area contributed by atoms with Gasteiger partial charge in [-0.25, -0.2) is 8.42 Å². The topological polar surface area (TPSA) is 110 Å². The molecule has 2 fully saturated rings. The molecule has 1 heterocycles. The summed E-state index contributed by atoms with van der Waals surface area (Å²) in [4.78, 5) is 25.0. The van der Waals surface area contributed by atoms with Crippen LogP contribution < -0.4 is 5.32 Å². The molecule has 1 saturated carbocycles. The van der Waals surface area contributed by atoms with Gasteiger partial charge in [-0.15, -0.1) is 0 Å². The quantitative estimate of drug-likeness (QED) is 0.618. The number of likely N-dealkylation sites (tertiary alicyclic amines) is 1. The fourth-order valence-corrected chi connectivity index (χ4v) is 4.39. The van der Waals surface area contributed by atoms with Crippen molar-refractivity contribution in [3.05, 3.63) is 28.3 Å². The van der Waals surface area contributed by atoms with Crippen molar-refractivity contribution in [2.75, 3.05) is 24.7 Å². The van der Waals surface area contributed by atoms with Crippen LogP contribution in [0.25, 0.3) is 0 Å². The van der Waals surface area contributed by atoms with Gasteiger partial charge in [-0.2, -0.15) is 0 Å². The predicted molar refractivity (Wildman–Crippen MR) is 96.8 cm³/mol. The van der Waals surface area contributed by atoms with Crippen molar-refractivity contribution < 1.29 is 18.1 Å². The number of carbonyl (C=O) groups is 1. The number of nitro groups is 1. The molecule has 1 aliphatic heterocycles. The summed E-state index contributed by atoms with van der Waals surface area (Å²) in [6.45, 7) is 1.16. The summed E-state index contributed by atoms with van der Waals surface area (Å²) in [5.41, 5.74) is 0.0102. The first kappa shape index (κ1) is 18.6. The van der Waals surface area contributed by atoms with Crippen LogP contribution >= 0.6 is 0 Å². The first-order chi connectivity index (χ1) is 12.3. The van der Waals surface area contributed by atoms with E-state index in [0.29, 0.717) is 19.5 Å². The van der Waals surface area contributed by atoms with Gasteiger partial charge in [0.25, 0.3) is 5.69 Å². The molecule has 1 amide bonds. The number of carbonyl (C=O) groups excluding carboxylic acids is 1. The van der Waals surface area contributed by atoms with Gasteiger partial charge in [-0.05, 0) is 31.4 Å². The number of hydrogen-bond donors (Lipinski definition) is 1. The zero-order chi connectivity index (χ0) is 18.9. The van der Waals surface area contributed by atoms with E-state index >= 15 is 0 Å². The molecule has 1 saturated heterocycles. The molecule has 2 aliphatic rings. The molecule has 8 nitrogen and oxygen atoms in total. The van der Waals surface area contributed by atoms with E-state index < -0.39 is 14.8 Å². The summed E-state index contributed by atoms with van der Waals surface area (Å²) < 4.78 is 23.2. The number of amides is 1. The lowest BCUT2D eigenvalue weighted by Gasteiger charge is -2.21. The number of benzene rings is 1. The van der Waals surface area contributed by atoms with Gasteiger partial charge in [-0.3, -0.25) is 14.9 Å². The number of nitrogens with one attached hydrogen (secondary N) is 1. The Morgan fingerprint density at radius 1 is 1.27 bits per heavy atom. The van der Waals surface area contributed by atoms with Crippen LogP contribution in [0.5, 0.6) is 0 Å². The Morgan fingerprint density at radius 3 is 2.58 bits per heavy atom. The molecule has 0 bridgehead atoms. The summed E-state index contributed by atoms with van der Waals surface area (Å²) in [6, 6.07) is 3.79. The van der Waals surface area contributed by atoms with E-state index in [2.05, 4.69) is 5.32 Å². The van der Waals surface area contributed by atoms with Crippen LogP contribution in [-0.4, -0.2) is 49.5 Å². The van der Waals surface area contributed by atoms with Crippen molar-refractivity contribution in [1.82, 2.24) is 4.90 Å². The molecule has 9 heteroatoms. The van der Waals surface area contributed by atoms with Crippen LogP contribution in [0.2, 0.25) is 0 Å². The fourth-order valence-electron chi connectivity index (χ4n) is 3.74. The average Bonchev–Trinajstić information content (AvgIpc) is 3.25. The van der Waals surface area contributed by atoms with Crippen molar-refractivity contribution in [1.29, 1.82) is 0 Å². The summed E-state index contributed by atoms with van der Waals surface area (Å²) in [7, 11) is -3.52. The van der Waals surface area contributed by atoms with Crippen molar-refractivity contribution >= 4 is 27.1 Å². The second-order valence-electron chi connectivity index (χ2n) is 7.10. The number of nitrogens with zero attached hydrogens (tertiary/aromatic N) is 2. The smallest absolute Gasteiger partial charge is 0.293 e. The Bertz CT molecular complexity index is 818. The Hall–Kier alpha value is -2.16. The molecule has 0 aromatic heterocycles. The monoisotopic (exact) mass is 381 g/mol. The Balaban J connectivity index is 1.71. The van der Waals surface area contributed by atoms with Crippen molar-refractivity contribution in [3.63, 3.8) is 0 Å². The molecule has 1 unspecified atom stereocenters. The lowest BCUT2D eigenvalue weighted by atomic mass is 10.1. The maximum Gasteiger partial charge on any atom is 0.293 e. The third-order valence-corrected chi connectivity index (χ3v) is 6.27. The molecule has 1 aromatic carbocycles. The van der Waals surface area contributed by atoms with E-state index in [1.807, 2.05) is 4.90 Å².